The molecule has 1 heterocycles. The summed E-state index contributed by atoms with van der Waals surface area (Å²) in [7, 11) is 0. The van der Waals surface area contributed by atoms with E-state index in [2.05, 4.69) is 4.98 Å². The normalized spacial score (nSPS) is 23.4. The van der Waals surface area contributed by atoms with Crippen molar-refractivity contribution in [1.82, 2.24) is 4.98 Å². The smallest absolute Gasteiger partial charge is 0.168 e. The zero-order valence-corrected chi connectivity index (χ0v) is 11.3. The molecule has 3 nitrogen and oxygen atoms in total. The first-order valence-corrected chi connectivity index (χ1v) is 6.95. The van der Waals surface area contributed by atoms with E-state index in [-0.39, 0.29) is 11.9 Å². The van der Waals surface area contributed by atoms with Crippen LogP contribution in [0.5, 0.6) is 0 Å². The van der Waals surface area contributed by atoms with E-state index in [0.717, 1.165) is 31.5 Å². The van der Waals surface area contributed by atoms with Gasteiger partial charge in [-0.15, -0.1) is 0 Å². The maximum absolute atomic E-state index is 13.9. The molecule has 0 saturated heterocycles. The van der Waals surface area contributed by atoms with Gasteiger partial charge in [-0.25, -0.2) is 13.8 Å². The monoisotopic (exact) mass is 269 g/mol. The molecule has 19 heavy (non-hydrogen) atoms. The summed E-state index contributed by atoms with van der Waals surface area (Å²) in [6.07, 6.45) is 5.44. The summed E-state index contributed by atoms with van der Waals surface area (Å²) in [5.41, 5.74) is 5.83. The van der Waals surface area contributed by atoms with E-state index in [1.807, 2.05) is 11.8 Å². The Morgan fingerprint density at radius 3 is 2.74 bits per heavy atom. The molecule has 0 bridgehead atoms. The van der Waals surface area contributed by atoms with Gasteiger partial charge in [0.05, 0.1) is 6.20 Å². The summed E-state index contributed by atoms with van der Waals surface area (Å²) in [4.78, 5) is 5.86. The number of aromatic nitrogens is 1. The van der Waals surface area contributed by atoms with Gasteiger partial charge in [0, 0.05) is 18.7 Å². The minimum absolute atomic E-state index is 0.205. The van der Waals surface area contributed by atoms with E-state index in [1.54, 1.807) is 0 Å². The standard InChI is InChI=1S/C14H21F2N3/c1-2-19(13-6-4-3-5-10(13)8-17)14-12(16)7-11(15)9-18-14/h7,9-10,13H,2-6,8,17H2,1H3. The van der Waals surface area contributed by atoms with Gasteiger partial charge < -0.3 is 10.6 Å². The quantitative estimate of drug-likeness (QED) is 0.913. The minimum Gasteiger partial charge on any atom is -0.351 e. The van der Waals surface area contributed by atoms with Crippen molar-refractivity contribution < 1.29 is 8.78 Å². The molecule has 1 aliphatic carbocycles. The number of anilines is 1. The van der Waals surface area contributed by atoms with Crippen molar-refractivity contribution in [1.29, 1.82) is 0 Å². The minimum atomic E-state index is -0.642. The predicted molar refractivity (Wildman–Crippen MR) is 72.0 cm³/mol. The lowest BCUT2D eigenvalue weighted by Gasteiger charge is -2.40. The van der Waals surface area contributed by atoms with Gasteiger partial charge in [-0.05, 0) is 32.2 Å². The molecule has 2 atom stereocenters. The summed E-state index contributed by atoms with van der Waals surface area (Å²) in [6.45, 7) is 3.22. The molecule has 1 fully saturated rings. The molecule has 0 aliphatic heterocycles. The summed E-state index contributed by atoms with van der Waals surface area (Å²) >= 11 is 0. The molecule has 1 saturated carbocycles. The van der Waals surface area contributed by atoms with Crippen molar-refractivity contribution in [2.45, 2.75) is 38.6 Å². The molecule has 1 aromatic rings. The van der Waals surface area contributed by atoms with Gasteiger partial charge in [0.1, 0.15) is 5.82 Å². The molecule has 0 aromatic carbocycles. The Hall–Kier alpha value is -1.23. The van der Waals surface area contributed by atoms with Crippen LogP contribution in [0.4, 0.5) is 14.6 Å². The molecule has 5 heteroatoms. The zero-order chi connectivity index (χ0) is 13.8. The summed E-state index contributed by atoms with van der Waals surface area (Å²) in [6, 6.07) is 1.10. The Morgan fingerprint density at radius 2 is 2.11 bits per heavy atom. The first kappa shape index (κ1) is 14.2. The molecule has 106 valence electrons. The molecule has 2 unspecified atom stereocenters. The van der Waals surface area contributed by atoms with Crippen LogP contribution in [0.25, 0.3) is 0 Å². The highest BCUT2D eigenvalue weighted by molar-refractivity contribution is 5.41. The highest BCUT2D eigenvalue weighted by Gasteiger charge is 2.30. The Bertz CT molecular complexity index is 425. The summed E-state index contributed by atoms with van der Waals surface area (Å²) in [5.74, 6) is -0.631. The first-order chi connectivity index (χ1) is 9.17. The highest BCUT2D eigenvalue weighted by atomic mass is 19.1. The maximum Gasteiger partial charge on any atom is 0.168 e. The second-order valence-corrected chi connectivity index (χ2v) is 5.09. The van der Waals surface area contributed by atoms with Gasteiger partial charge in [0.15, 0.2) is 11.6 Å². The number of nitrogens with two attached hydrogens (primary N) is 1. The van der Waals surface area contributed by atoms with E-state index in [1.165, 1.54) is 6.42 Å². The van der Waals surface area contributed by atoms with Crippen LogP contribution in [0.15, 0.2) is 12.3 Å². The maximum atomic E-state index is 13.9. The lowest BCUT2D eigenvalue weighted by atomic mass is 9.83. The van der Waals surface area contributed by atoms with Gasteiger partial charge in [-0.2, -0.15) is 0 Å². The van der Waals surface area contributed by atoms with Crippen LogP contribution in [0, 0.1) is 17.6 Å². The fraction of sp³-hybridized carbons (Fsp3) is 0.643. The average Bonchev–Trinajstić information content (AvgIpc) is 2.42. The van der Waals surface area contributed by atoms with Crippen LogP contribution in [-0.4, -0.2) is 24.1 Å². The number of rotatable bonds is 4. The number of hydrogen-bond acceptors (Lipinski definition) is 3. The van der Waals surface area contributed by atoms with Crippen LogP contribution < -0.4 is 10.6 Å². The van der Waals surface area contributed by atoms with Crippen LogP contribution in [-0.2, 0) is 0 Å². The molecule has 0 amide bonds. The van der Waals surface area contributed by atoms with E-state index in [4.69, 9.17) is 5.73 Å². The number of halogens is 2. The fourth-order valence-corrected chi connectivity index (χ4v) is 3.03. The predicted octanol–water partition coefficient (Wildman–Crippen LogP) is 2.70. The van der Waals surface area contributed by atoms with Crippen LogP contribution in [0.1, 0.15) is 32.6 Å². The van der Waals surface area contributed by atoms with Crippen molar-refractivity contribution in [2.75, 3.05) is 18.0 Å². The Balaban J connectivity index is 2.27. The van der Waals surface area contributed by atoms with E-state index < -0.39 is 11.6 Å². The second kappa shape index (κ2) is 6.28. The zero-order valence-electron chi connectivity index (χ0n) is 11.3. The van der Waals surface area contributed by atoms with Crippen LogP contribution >= 0.6 is 0 Å². The van der Waals surface area contributed by atoms with Crippen LogP contribution in [0.3, 0.4) is 0 Å². The second-order valence-electron chi connectivity index (χ2n) is 5.09. The Kier molecular flexibility index (Phi) is 4.69. The molecular formula is C14H21F2N3. The molecule has 1 aliphatic rings. The average molecular weight is 269 g/mol. The largest absolute Gasteiger partial charge is 0.351 e. The van der Waals surface area contributed by atoms with E-state index in [9.17, 15) is 8.78 Å². The number of hydrogen-bond donors (Lipinski definition) is 1. The lowest BCUT2D eigenvalue weighted by Crippen LogP contribution is -2.46. The lowest BCUT2D eigenvalue weighted by molar-refractivity contribution is 0.298. The molecule has 1 aromatic heterocycles. The third-order valence-electron chi connectivity index (χ3n) is 3.97. The molecule has 2 rings (SSSR count). The van der Waals surface area contributed by atoms with Gasteiger partial charge in [-0.3, -0.25) is 0 Å². The van der Waals surface area contributed by atoms with Crippen molar-refractivity contribution in [3.05, 3.63) is 23.9 Å². The molecule has 2 N–H and O–H groups in total. The third-order valence-corrected chi connectivity index (χ3v) is 3.97. The Morgan fingerprint density at radius 1 is 1.37 bits per heavy atom. The summed E-state index contributed by atoms with van der Waals surface area (Å²) in [5, 5.41) is 0. The SMILES string of the molecule is CCN(c1ncc(F)cc1F)C1CCCCC1CN. The van der Waals surface area contributed by atoms with Crippen molar-refractivity contribution in [3.63, 3.8) is 0 Å². The topological polar surface area (TPSA) is 42.2 Å². The van der Waals surface area contributed by atoms with Crippen molar-refractivity contribution >= 4 is 5.82 Å². The van der Waals surface area contributed by atoms with Gasteiger partial charge in [-0.1, -0.05) is 12.8 Å². The molecular weight excluding hydrogens is 248 g/mol. The third kappa shape index (κ3) is 3.03. The van der Waals surface area contributed by atoms with E-state index in [0.29, 0.717) is 19.0 Å². The molecule has 0 radical (unpaired) electrons. The van der Waals surface area contributed by atoms with Crippen LogP contribution in [0.2, 0.25) is 0 Å². The summed E-state index contributed by atoms with van der Waals surface area (Å²) < 4.78 is 26.9. The van der Waals surface area contributed by atoms with E-state index >= 15 is 0 Å². The Labute approximate surface area is 112 Å². The molecule has 0 spiro atoms. The first-order valence-electron chi connectivity index (χ1n) is 6.95. The van der Waals surface area contributed by atoms with Gasteiger partial charge in [0.2, 0.25) is 0 Å². The van der Waals surface area contributed by atoms with Crippen molar-refractivity contribution in [3.8, 4) is 0 Å². The number of nitrogens with zero attached hydrogens (tertiary/aromatic N) is 2. The number of pyridine rings is 1. The highest BCUT2D eigenvalue weighted by Crippen LogP contribution is 2.31. The van der Waals surface area contributed by atoms with Crippen molar-refractivity contribution in [2.24, 2.45) is 11.7 Å². The fourth-order valence-electron chi connectivity index (χ4n) is 3.03. The van der Waals surface area contributed by atoms with Gasteiger partial charge in [0.25, 0.3) is 0 Å². The van der Waals surface area contributed by atoms with Gasteiger partial charge >= 0.3 is 0 Å².